The van der Waals surface area contributed by atoms with Gasteiger partial charge in [-0.3, -0.25) is 4.79 Å². The summed E-state index contributed by atoms with van der Waals surface area (Å²) in [5.41, 5.74) is 2.22. The molecule has 0 atom stereocenters. The van der Waals surface area contributed by atoms with E-state index in [1.54, 1.807) is 19.1 Å². The van der Waals surface area contributed by atoms with Crippen molar-refractivity contribution in [1.82, 2.24) is 4.72 Å². The Morgan fingerprint density at radius 2 is 1.88 bits per heavy atom. The zero-order valence-electron chi connectivity index (χ0n) is 13.8. The van der Waals surface area contributed by atoms with Crippen molar-refractivity contribution in [3.63, 3.8) is 0 Å². The van der Waals surface area contributed by atoms with Gasteiger partial charge >= 0.3 is 0 Å². The smallest absolute Gasteiger partial charge is 0.240 e. The van der Waals surface area contributed by atoms with Crippen LogP contribution in [0, 0.1) is 13.8 Å². The van der Waals surface area contributed by atoms with Crippen LogP contribution in [0.25, 0.3) is 0 Å². The monoisotopic (exact) mass is 364 g/mol. The van der Waals surface area contributed by atoms with E-state index in [9.17, 15) is 13.2 Å². The van der Waals surface area contributed by atoms with E-state index in [-0.39, 0.29) is 16.6 Å². The lowest BCUT2D eigenvalue weighted by atomic mass is 10.2. The molecule has 0 heterocycles. The fourth-order valence-electron chi connectivity index (χ4n) is 2.13. The van der Waals surface area contributed by atoms with Gasteiger partial charge < -0.3 is 5.32 Å². The second-order valence-corrected chi connectivity index (χ2v) is 8.24. The number of anilines is 1. The molecular weight excluding hydrogens is 344 g/mol. The van der Waals surface area contributed by atoms with Crippen LogP contribution in [-0.4, -0.2) is 27.1 Å². The molecule has 24 heavy (non-hydrogen) atoms. The average Bonchev–Trinajstić information content (AvgIpc) is 2.54. The van der Waals surface area contributed by atoms with Crippen molar-refractivity contribution in [2.24, 2.45) is 0 Å². The molecule has 0 unspecified atom stereocenters. The minimum Gasteiger partial charge on any atom is -0.325 e. The van der Waals surface area contributed by atoms with Gasteiger partial charge in [-0.1, -0.05) is 23.8 Å². The molecule has 0 bridgehead atoms. The first-order chi connectivity index (χ1) is 11.3. The second-order valence-electron chi connectivity index (χ2n) is 5.34. The molecule has 0 aliphatic carbocycles. The maximum Gasteiger partial charge on any atom is 0.240 e. The third kappa shape index (κ3) is 4.83. The number of carbonyl (C=O) groups is 1. The van der Waals surface area contributed by atoms with E-state index >= 15 is 0 Å². The van der Waals surface area contributed by atoms with Gasteiger partial charge in [0.2, 0.25) is 15.9 Å². The first-order valence-corrected chi connectivity index (χ1v) is 9.82. The maximum absolute atomic E-state index is 12.1. The number of carbonyl (C=O) groups excluding carboxylic acids is 1. The molecule has 2 aromatic carbocycles. The van der Waals surface area contributed by atoms with Crippen molar-refractivity contribution in [1.29, 1.82) is 0 Å². The van der Waals surface area contributed by atoms with E-state index in [0.29, 0.717) is 11.3 Å². The van der Waals surface area contributed by atoms with Gasteiger partial charge in [0.05, 0.1) is 10.6 Å². The molecular formula is C17H20N2O3S2. The summed E-state index contributed by atoms with van der Waals surface area (Å²) in [6.45, 7) is 3.71. The molecule has 7 heteroatoms. The molecule has 0 spiro atoms. The Hall–Kier alpha value is -1.83. The number of sulfonamides is 1. The van der Waals surface area contributed by atoms with E-state index < -0.39 is 10.0 Å². The third-order valence-electron chi connectivity index (χ3n) is 3.39. The molecule has 2 N–H and O–H groups in total. The third-order valence-corrected chi connectivity index (χ3v) is 5.94. The largest absolute Gasteiger partial charge is 0.325 e. The standard InChI is InChI=1S/C17H20N2O3S2/c1-12-5-4-6-15(9-12)23-11-17(20)19-14-8-7-13(2)16(10-14)24(21,22)18-3/h4-10,18H,11H2,1-3H3,(H,19,20). The van der Waals surface area contributed by atoms with Crippen LogP contribution in [0.5, 0.6) is 0 Å². The van der Waals surface area contributed by atoms with Gasteiger partial charge in [-0.25, -0.2) is 13.1 Å². The van der Waals surface area contributed by atoms with Gasteiger partial charge in [-0.05, 0) is 50.7 Å². The highest BCUT2D eigenvalue weighted by Gasteiger charge is 2.15. The van der Waals surface area contributed by atoms with Gasteiger partial charge in [0.25, 0.3) is 0 Å². The molecule has 2 aromatic rings. The van der Waals surface area contributed by atoms with Crippen molar-refractivity contribution in [3.8, 4) is 0 Å². The molecule has 0 radical (unpaired) electrons. The number of amides is 1. The van der Waals surface area contributed by atoms with Crippen LogP contribution in [0.3, 0.4) is 0 Å². The van der Waals surface area contributed by atoms with Crippen molar-refractivity contribution >= 4 is 33.4 Å². The van der Waals surface area contributed by atoms with Crippen molar-refractivity contribution in [2.75, 3.05) is 18.1 Å². The van der Waals surface area contributed by atoms with Crippen LogP contribution in [-0.2, 0) is 14.8 Å². The number of thioether (sulfide) groups is 1. The zero-order valence-corrected chi connectivity index (χ0v) is 15.4. The molecule has 5 nitrogen and oxygen atoms in total. The molecule has 0 fully saturated rings. The molecule has 0 saturated carbocycles. The molecule has 0 aliphatic rings. The number of nitrogens with one attached hydrogen (secondary N) is 2. The van der Waals surface area contributed by atoms with Crippen LogP contribution >= 0.6 is 11.8 Å². The minimum absolute atomic E-state index is 0.161. The minimum atomic E-state index is -3.55. The predicted molar refractivity (Wildman–Crippen MR) is 98.0 cm³/mol. The fourth-order valence-corrected chi connectivity index (χ4v) is 3.94. The Labute approximate surface area is 146 Å². The van der Waals surface area contributed by atoms with Crippen LogP contribution in [0.4, 0.5) is 5.69 Å². The van der Waals surface area contributed by atoms with Crippen molar-refractivity contribution in [3.05, 3.63) is 53.6 Å². The SMILES string of the molecule is CNS(=O)(=O)c1cc(NC(=O)CSc2cccc(C)c2)ccc1C. The summed E-state index contributed by atoms with van der Waals surface area (Å²) in [5, 5.41) is 2.74. The van der Waals surface area contributed by atoms with E-state index in [1.807, 2.05) is 31.2 Å². The Balaban J connectivity index is 2.05. The highest BCUT2D eigenvalue weighted by molar-refractivity contribution is 8.00. The Morgan fingerprint density at radius 3 is 2.54 bits per heavy atom. The van der Waals surface area contributed by atoms with Gasteiger partial charge in [-0.2, -0.15) is 0 Å². The summed E-state index contributed by atoms with van der Waals surface area (Å²) in [4.78, 5) is 13.3. The first kappa shape index (κ1) is 18.5. The lowest BCUT2D eigenvalue weighted by Gasteiger charge is -2.10. The van der Waals surface area contributed by atoms with Crippen molar-refractivity contribution < 1.29 is 13.2 Å². The highest BCUT2D eigenvalue weighted by Crippen LogP contribution is 2.22. The van der Waals surface area contributed by atoms with Crippen LogP contribution in [0.1, 0.15) is 11.1 Å². The molecule has 0 saturated heterocycles. The number of aryl methyl sites for hydroxylation is 2. The second kappa shape index (κ2) is 7.83. The lowest BCUT2D eigenvalue weighted by molar-refractivity contribution is -0.113. The van der Waals surface area contributed by atoms with E-state index in [0.717, 1.165) is 10.5 Å². The van der Waals surface area contributed by atoms with E-state index in [1.165, 1.54) is 24.9 Å². The number of rotatable bonds is 6. The van der Waals surface area contributed by atoms with E-state index in [4.69, 9.17) is 0 Å². The first-order valence-electron chi connectivity index (χ1n) is 7.35. The normalized spacial score (nSPS) is 11.3. The molecule has 0 aromatic heterocycles. The lowest BCUT2D eigenvalue weighted by Crippen LogP contribution is -2.20. The highest BCUT2D eigenvalue weighted by atomic mass is 32.2. The summed E-state index contributed by atoms with van der Waals surface area (Å²) >= 11 is 1.44. The van der Waals surface area contributed by atoms with Gasteiger partial charge in [-0.15, -0.1) is 11.8 Å². The van der Waals surface area contributed by atoms with Crippen LogP contribution in [0.2, 0.25) is 0 Å². The van der Waals surface area contributed by atoms with Gasteiger partial charge in [0, 0.05) is 10.6 Å². The molecule has 2 rings (SSSR count). The average molecular weight is 364 g/mol. The Morgan fingerprint density at radius 1 is 1.12 bits per heavy atom. The predicted octanol–water partition coefficient (Wildman–Crippen LogP) is 2.94. The topological polar surface area (TPSA) is 75.3 Å². The quantitative estimate of drug-likeness (QED) is 0.773. The summed E-state index contributed by atoms with van der Waals surface area (Å²) in [7, 11) is -2.19. The maximum atomic E-state index is 12.1. The summed E-state index contributed by atoms with van der Waals surface area (Å²) in [5.74, 6) is 0.0731. The fraction of sp³-hybridized carbons (Fsp3) is 0.235. The number of hydrogen-bond donors (Lipinski definition) is 2. The molecule has 128 valence electrons. The number of hydrogen-bond acceptors (Lipinski definition) is 4. The van der Waals surface area contributed by atoms with E-state index in [2.05, 4.69) is 10.0 Å². The van der Waals surface area contributed by atoms with Crippen molar-refractivity contribution in [2.45, 2.75) is 23.6 Å². The Bertz CT molecular complexity index is 849. The summed E-state index contributed by atoms with van der Waals surface area (Å²) < 4.78 is 26.2. The summed E-state index contributed by atoms with van der Waals surface area (Å²) in [6, 6.07) is 12.8. The van der Waals surface area contributed by atoms with Gasteiger partial charge in [0.15, 0.2) is 0 Å². The van der Waals surface area contributed by atoms with Crippen LogP contribution in [0.15, 0.2) is 52.3 Å². The van der Waals surface area contributed by atoms with Crippen LogP contribution < -0.4 is 10.0 Å². The Kier molecular flexibility index (Phi) is 6.04. The van der Waals surface area contributed by atoms with Gasteiger partial charge in [0.1, 0.15) is 0 Å². The zero-order chi connectivity index (χ0) is 17.7. The molecule has 0 aliphatic heterocycles. The number of benzene rings is 2. The molecule has 1 amide bonds. The summed E-state index contributed by atoms with van der Waals surface area (Å²) in [6.07, 6.45) is 0.